The van der Waals surface area contributed by atoms with Gasteiger partial charge in [-0.1, -0.05) is 0 Å². The molecule has 0 spiro atoms. The Morgan fingerprint density at radius 1 is 1.40 bits per heavy atom. The number of nitrogens with one attached hydrogen (secondary N) is 1. The average molecular weight is 213 g/mol. The molecule has 1 N–H and O–H groups in total. The number of carbonyl (C=O) groups excluding carboxylic acids is 2. The Morgan fingerprint density at radius 2 is 2.00 bits per heavy atom. The number of hydrazone groups is 1. The first-order valence-electron chi connectivity index (χ1n) is 4.46. The number of urea groups is 1. The molecular formula is C8H15N5O2. The zero-order chi connectivity index (χ0) is 11.6. The third-order valence-electron chi connectivity index (χ3n) is 1.95. The van der Waals surface area contributed by atoms with E-state index in [1.807, 2.05) is 0 Å². The maximum Gasteiger partial charge on any atom is 0.340 e. The second-order valence-electron chi connectivity index (χ2n) is 3.46. The first kappa shape index (κ1) is 11.4. The highest BCUT2D eigenvalue weighted by Gasteiger charge is 2.33. The molecular weight excluding hydrogens is 198 g/mol. The van der Waals surface area contributed by atoms with E-state index in [1.54, 1.807) is 26.2 Å². The van der Waals surface area contributed by atoms with Crippen LogP contribution >= 0.6 is 0 Å². The number of rotatable bonds is 2. The molecule has 3 amide bonds. The van der Waals surface area contributed by atoms with Crippen molar-refractivity contribution in [3.63, 3.8) is 0 Å². The Kier molecular flexibility index (Phi) is 3.25. The Balaban J connectivity index is 2.75. The molecule has 1 saturated heterocycles. The molecule has 0 aliphatic carbocycles. The topological polar surface area (TPSA) is 68.2 Å². The molecule has 0 unspecified atom stereocenters. The minimum Gasteiger partial charge on any atom is -0.303 e. The second-order valence-corrected chi connectivity index (χ2v) is 3.46. The molecule has 0 aromatic heterocycles. The Hall–Kier alpha value is -1.63. The Bertz CT molecular complexity index is 301. The molecule has 0 bridgehead atoms. The SMILES string of the molecule is CN(C)/N=C\[C@H]1NN(C)C(=O)N(C)C1=O. The predicted molar refractivity (Wildman–Crippen MR) is 55.0 cm³/mol. The van der Waals surface area contributed by atoms with Gasteiger partial charge in [0.05, 0.1) is 6.21 Å². The first-order chi connectivity index (χ1) is 6.93. The van der Waals surface area contributed by atoms with E-state index in [-0.39, 0.29) is 11.9 Å². The zero-order valence-electron chi connectivity index (χ0n) is 9.26. The summed E-state index contributed by atoms with van der Waals surface area (Å²) >= 11 is 0. The zero-order valence-corrected chi connectivity index (χ0v) is 9.26. The monoisotopic (exact) mass is 213 g/mol. The molecule has 0 aromatic carbocycles. The van der Waals surface area contributed by atoms with E-state index in [0.717, 1.165) is 4.90 Å². The first-order valence-corrected chi connectivity index (χ1v) is 4.46. The van der Waals surface area contributed by atoms with Crippen molar-refractivity contribution in [2.45, 2.75) is 6.04 Å². The number of amides is 3. The van der Waals surface area contributed by atoms with Crippen LogP contribution < -0.4 is 5.43 Å². The lowest BCUT2D eigenvalue weighted by molar-refractivity contribution is -0.131. The Morgan fingerprint density at radius 3 is 2.53 bits per heavy atom. The molecule has 1 aliphatic rings. The van der Waals surface area contributed by atoms with Gasteiger partial charge in [0.1, 0.15) is 6.04 Å². The molecule has 84 valence electrons. The van der Waals surface area contributed by atoms with Crippen molar-refractivity contribution in [3.05, 3.63) is 0 Å². The van der Waals surface area contributed by atoms with Crippen LogP contribution in [0.1, 0.15) is 0 Å². The molecule has 0 aromatic rings. The van der Waals surface area contributed by atoms with Crippen LogP contribution in [0.15, 0.2) is 5.10 Å². The molecule has 0 radical (unpaired) electrons. The molecule has 1 aliphatic heterocycles. The van der Waals surface area contributed by atoms with E-state index < -0.39 is 6.04 Å². The Labute approximate surface area is 88.3 Å². The van der Waals surface area contributed by atoms with Gasteiger partial charge < -0.3 is 5.01 Å². The number of hydrogen-bond donors (Lipinski definition) is 1. The van der Waals surface area contributed by atoms with Crippen molar-refractivity contribution in [1.29, 1.82) is 0 Å². The van der Waals surface area contributed by atoms with E-state index in [4.69, 9.17) is 0 Å². The molecule has 7 heteroatoms. The summed E-state index contributed by atoms with van der Waals surface area (Å²) in [6.45, 7) is 0. The molecule has 1 fully saturated rings. The summed E-state index contributed by atoms with van der Waals surface area (Å²) in [6.07, 6.45) is 1.46. The maximum absolute atomic E-state index is 11.6. The van der Waals surface area contributed by atoms with Crippen molar-refractivity contribution in [3.8, 4) is 0 Å². The highest BCUT2D eigenvalue weighted by atomic mass is 16.2. The fraction of sp³-hybridized carbons (Fsp3) is 0.625. The van der Waals surface area contributed by atoms with Gasteiger partial charge in [0.25, 0.3) is 5.91 Å². The molecule has 1 rings (SSSR count). The standard InChI is InChI=1S/C8H15N5O2/c1-11(2)9-5-6-7(14)12(3)8(15)13(4)10-6/h5-6,10H,1-4H3/b9-5-/t6-/m1/s1. The van der Waals surface area contributed by atoms with Crippen molar-refractivity contribution in [1.82, 2.24) is 20.3 Å². The maximum atomic E-state index is 11.6. The normalized spacial score (nSPS) is 22.8. The fourth-order valence-electron chi connectivity index (χ4n) is 1.14. The third-order valence-corrected chi connectivity index (χ3v) is 1.95. The lowest BCUT2D eigenvalue weighted by Gasteiger charge is -2.33. The number of imide groups is 1. The minimum atomic E-state index is -0.597. The van der Waals surface area contributed by atoms with Crippen molar-refractivity contribution in [2.24, 2.45) is 5.10 Å². The summed E-state index contributed by atoms with van der Waals surface area (Å²) in [5, 5.41) is 6.79. The van der Waals surface area contributed by atoms with Crippen LogP contribution in [0.5, 0.6) is 0 Å². The smallest absolute Gasteiger partial charge is 0.303 e. The summed E-state index contributed by atoms with van der Waals surface area (Å²) < 4.78 is 0. The van der Waals surface area contributed by atoms with Gasteiger partial charge in [-0.2, -0.15) is 5.10 Å². The second kappa shape index (κ2) is 4.26. The number of carbonyl (C=O) groups is 2. The van der Waals surface area contributed by atoms with Crippen molar-refractivity contribution >= 4 is 18.2 Å². The number of hydrazine groups is 1. The highest BCUT2D eigenvalue weighted by molar-refractivity contribution is 6.06. The minimum absolute atomic E-state index is 0.316. The van der Waals surface area contributed by atoms with Crippen molar-refractivity contribution in [2.75, 3.05) is 28.2 Å². The lowest BCUT2D eigenvalue weighted by atomic mass is 10.3. The van der Waals surface area contributed by atoms with Gasteiger partial charge >= 0.3 is 6.03 Å². The van der Waals surface area contributed by atoms with Gasteiger partial charge in [0, 0.05) is 28.2 Å². The van der Waals surface area contributed by atoms with Gasteiger partial charge in [-0.15, -0.1) is 0 Å². The van der Waals surface area contributed by atoms with Gasteiger partial charge in [-0.25, -0.2) is 10.2 Å². The van der Waals surface area contributed by atoms with Crippen LogP contribution in [0.2, 0.25) is 0 Å². The van der Waals surface area contributed by atoms with E-state index in [0.29, 0.717) is 0 Å². The van der Waals surface area contributed by atoms with Crippen LogP contribution in [0.3, 0.4) is 0 Å². The lowest BCUT2D eigenvalue weighted by Crippen LogP contribution is -2.63. The number of hydrogen-bond acceptors (Lipinski definition) is 5. The number of nitrogens with zero attached hydrogens (tertiary/aromatic N) is 4. The highest BCUT2D eigenvalue weighted by Crippen LogP contribution is 2.03. The molecule has 1 heterocycles. The van der Waals surface area contributed by atoms with Crippen molar-refractivity contribution < 1.29 is 9.59 Å². The van der Waals surface area contributed by atoms with Crippen LogP contribution in [-0.4, -0.2) is 67.3 Å². The predicted octanol–water partition coefficient (Wildman–Crippen LogP) is -1.07. The summed E-state index contributed by atoms with van der Waals surface area (Å²) in [6, 6.07) is -0.977. The number of likely N-dealkylation sites (N-methyl/N-ethyl adjacent to an activating group) is 1. The van der Waals surface area contributed by atoms with E-state index in [1.165, 1.54) is 18.3 Å². The van der Waals surface area contributed by atoms with Gasteiger partial charge in [-0.3, -0.25) is 14.7 Å². The van der Waals surface area contributed by atoms with Gasteiger partial charge in [0.2, 0.25) is 0 Å². The summed E-state index contributed by atoms with van der Waals surface area (Å²) in [5.74, 6) is -0.316. The summed E-state index contributed by atoms with van der Waals surface area (Å²) in [4.78, 5) is 24.0. The van der Waals surface area contributed by atoms with Crippen LogP contribution in [-0.2, 0) is 4.79 Å². The third kappa shape index (κ3) is 2.44. The summed E-state index contributed by atoms with van der Waals surface area (Å²) in [5.41, 5.74) is 2.72. The van der Waals surface area contributed by atoms with E-state index >= 15 is 0 Å². The molecule has 0 saturated carbocycles. The average Bonchev–Trinajstić information content (AvgIpc) is 2.18. The quantitative estimate of drug-likeness (QED) is 0.468. The molecule has 7 nitrogen and oxygen atoms in total. The fourth-order valence-corrected chi connectivity index (χ4v) is 1.14. The van der Waals surface area contributed by atoms with Gasteiger partial charge in [0.15, 0.2) is 0 Å². The van der Waals surface area contributed by atoms with Crippen LogP contribution in [0.25, 0.3) is 0 Å². The van der Waals surface area contributed by atoms with Gasteiger partial charge in [-0.05, 0) is 0 Å². The molecule has 15 heavy (non-hydrogen) atoms. The molecule has 1 atom stereocenters. The van der Waals surface area contributed by atoms with E-state index in [2.05, 4.69) is 10.5 Å². The van der Waals surface area contributed by atoms with Crippen LogP contribution in [0.4, 0.5) is 4.79 Å². The van der Waals surface area contributed by atoms with E-state index in [9.17, 15) is 9.59 Å². The largest absolute Gasteiger partial charge is 0.340 e. The summed E-state index contributed by atoms with van der Waals surface area (Å²) in [7, 11) is 6.51. The van der Waals surface area contributed by atoms with Crippen LogP contribution in [0, 0.1) is 0 Å².